The summed E-state index contributed by atoms with van der Waals surface area (Å²) in [6.45, 7) is 0.131. The molecule has 0 fully saturated rings. The van der Waals surface area contributed by atoms with Crippen LogP contribution in [0.1, 0.15) is 16.7 Å². The lowest BCUT2D eigenvalue weighted by Gasteiger charge is -2.14. The summed E-state index contributed by atoms with van der Waals surface area (Å²) >= 11 is 12.5. The second-order valence-corrected chi connectivity index (χ2v) is 8.30. The molecule has 0 amide bonds. The first kappa shape index (κ1) is 21.3. The summed E-state index contributed by atoms with van der Waals surface area (Å²) in [7, 11) is -2.35. The third-order valence-electron chi connectivity index (χ3n) is 4.05. The van der Waals surface area contributed by atoms with E-state index in [1.54, 1.807) is 25.3 Å². The van der Waals surface area contributed by atoms with Gasteiger partial charge in [0.15, 0.2) is 0 Å². The minimum atomic E-state index is -3.89. The van der Waals surface area contributed by atoms with E-state index in [9.17, 15) is 8.42 Å². The number of nitrogens with zero attached hydrogens (tertiary/aromatic N) is 2. The fourth-order valence-electron chi connectivity index (χ4n) is 2.58. The molecule has 0 unspecified atom stereocenters. The standard InChI is InChI=1S/C19H18Cl2N4O3S/c1-28-15-7-8-17(20)14(9-15)10-16-18(21)22-12-23-19(16)25-29(26,27)24-11-13-5-3-2-4-6-13/h2-9,12,24H,10-11H2,1H3,(H,22,23,25). The highest BCUT2D eigenvalue weighted by atomic mass is 35.5. The van der Waals surface area contributed by atoms with Crippen LogP contribution in [0.5, 0.6) is 5.75 Å². The number of hydrogen-bond donors (Lipinski definition) is 2. The van der Waals surface area contributed by atoms with Crippen molar-refractivity contribution in [1.29, 1.82) is 0 Å². The SMILES string of the molecule is COc1ccc(Cl)c(Cc2c(Cl)ncnc2NS(=O)(=O)NCc2ccccc2)c1. The second-order valence-electron chi connectivity index (χ2n) is 6.04. The fourth-order valence-corrected chi connectivity index (χ4v) is 3.82. The number of anilines is 1. The van der Waals surface area contributed by atoms with E-state index in [1.165, 1.54) is 6.33 Å². The molecule has 29 heavy (non-hydrogen) atoms. The summed E-state index contributed by atoms with van der Waals surface area (Å²) in [5.74, 6) is 0.688. The summed E-state index contributed by atoms with van der Waals surface area (Å²) in [6.07, 6.45) is 1.40. The van der Waals surface area contributed by atoms with Gasteiger partial charge in [-0.2, -0.15) is 13.1 Å². The molecule has 0 radical (unpaired) electrons. The molecule has 0 atom stereocenters. The van der Waals surface area contributed by atoms with Crippen LogP contribution >= 0.6 is 23.2 Å². The molecule has 1 heterocycles. The Hall–Kier alpha value is -2.39. The average molecular weight is 453 g/mol. The van der Waals surface area contributed by atoms with Gasteiger partial charge in [-0.05, 0) is 29.3 Å². The molecule has 0 saturated carbocycles. The first-order valence-electron chi connectivity index (χ1n) is 8.51. The van der Waals surface area contributed by atoms with Crippen molar-refractivity contribution in [2.45, 2.75) is 13.0 Å². The van der Waals surface area contributed by atoms with Crippen LogP contribution in [0.25, 0.3) is 0 Å². The van der Waals surface area contributed by atoms with E-state index in [1.807, 2.05) is 30.3 Å². The van der Waals surface area contributed by atoms with Crippen molar-refractivity contribution in [3.05, 3.63) is 81.7 Å². The van der Waals surface area contributed by atoms with Crippen molar-refractivity contribution in [2.24, 2.45) is 0 Å². The van der Waals surface area contributed by atoms with Gasteiger partial charge >= 0.3 is 10.2 Å². The van der Waals surface area contributed by atoms with Crippen molar-refractivity contribution in [1.82, 2.24) is 14.7 Å². The number of benzene rings is 2. The van der Waals surface area contributed by atoms with Gasteiger partial charge in [-0.15, -0.1) is 0 Å². The molecule has 0 aliphatic carbocycles. The maximum atomic E-state index is 12.5. The zero-order chi connectivity index (χ0) is 20.9. The predicted octanol–water partition coefficient (Wildman–Crippen LogP) is 3.83. The molecule has 2 aromatic carbocycles. The molecule has 0 bridgehead atoms. The van der Waals surface area contributed by atoms with Crippen LogP contribution in [0.15, 0.2) is 54.9 Å². The van der Waals surface area contributed by atoms with Gasteiger partial charge in [-0.25, -0.2) is 9.97 Å². The maximum absolute atomic E-state index is 12.5. The van der Waals surface area contributed by atoms with Crippen molar-refractivity contribution in [3.8, 4) is 5.75 Å². The molecule has 7 nitrogen and oxygen atoms in total. The van der Waals surface area contributed by atoms with Gasteiger partial charge < -0.3 is 4.74 Å². The van der Waals surface area contributed by atoms with E-state index in [-0.39, 0.29) is 23.9 Å². The first-order valence-corrected chi connectivity index (χ1v) is 10.7. The molecule has 0 aliphatic rings. The van der Waals surface area contributed by atoms with Crippen molar-refractivity contribution >= 4 is 39.2 Å². The Morgan fingerprint density at radius 3 is 2.55 bits per heavy atom. The third-order valence-corrected chi connectivity index (χ3v) is 5.73. The molecule has 0 spiro atoms. The van der Waals surface area contributed by atoms with Gasteiger partial charge in [0, 0.05) is 23.6 Å². The van der Waals surface area contributed by atoms with Crippen LogP contribution in [0.2, 0.25) is 10.2 Å². The number of aromatic nitrogens is 2. The fraction of sp³-hybridized carbons (Fsp3) is 0.158. The van der Waals surface area contributed by atoms with E-state index in [0.717, 1.165) is 5.56 Å². The molecule has 0 saturated heterocycles. The van der Waals surface area contributed by atoms with Gasteiger partial charge in [-0.1, -0.05) is 53.5 Å². The Labute approximate surface area is 179 Å². The molecular weight excluding hydrogens is 435 g/mol. The van der Waals surface area contributed by atoms with E-state index in [0.29, 0.717) is 21.9 Å². The van der Waals surface area contributed by atoms with Crippen LogP contribution < -0.4 is 14.2 Å². The zero-order valence-electron chi connectivity index (χ0n) is 15.4. The zero-order valence-corrected chi connectivity index (χ0v) is 17.7. The van der Waals surface area contributed by atoms with Crippen molar-refractivity contribution < 1.29 is 13.2 Å². The van der Waals surface area contributed by atoms with Gasteiger partial charge in [-0.3, -0.25) is 4.72 Å². The highest BCUT2D eigenvalue weighted by Gasteiger charge is 2.18. The Morgan fingerprint density at radius 1 is 1.07 bits per heavy atom. The topological polar surface area (TPSA) is 93.2 Å². The lowest BCUT2D eigenvalue weighted by molar-refractivity contribution is 0.414. The maximum Gasteiger partial charge on any atom is 0.300 e. The van der Waals surface area contributed by atoms with Gasteiger partial charge in [0.25, 0.3) is 0 Å². The van der Waals surface area contributed by atoms with Crippen LogP contribution in [-0.2, 0) is 23.2 Å². The van der Waals surface area contributed by atoms with E-state index in [4.69, 9.17) is 27.9 Å². The Morgan fingerprint density at radius 2 is 1.83 bits per heavy atom. The summed E-state index contributed by atoms with van der Waals surface area (Å²) < 4.78 is 35.1. The highest BCUT2D eigenvalue weighted by Crippen LogP contribution is 2.29. The number of nitrogens with one attached hydrogen (secondary N) is 2. The predicted molar refractivity (Wildman–Crippen MR) is 114 cm³/mol. The quantitative estimate of drug-likeness (QED) is 0.506. The van der Waals surface area contributed by atoms with Gasteiger partial charge in [0.2, 0.25) is 0 Å². The minimum absolute atomic E-state index is 0.0736. The lowest BCUT2D eigenvalue weighted by Crippen LogP contribution is -2.30. The summed E-state index contributed by atoms with van der Waals surface area (Å²) in [6, 6.07) is 14.3. The molecule has 3 aromatic rings. The first-order chi connectivity index (χ1) is 13.9. The molecular formula is C19H18Cl2N4O3S. The monoisotopic (exact) mass is 452 g/mol. The van der Waals surface area contributed by atoms with E-state index < -0.39 is 10.2 Å². The Kier molecular flexibility index (Phi) is 6.92. The number of hydrogen-bond acceptors (Lipinski definition) is 5. The van der Waals surface area contributed by atoms with Crippen molar-refractivity contribution in [2.75, 3.05) is 11.8 Å². The van der Waals surface area contributed by atoms with Crippen LogP contribution in [0.3, 0.4) is 0 Å². The molecule has 1 aromatic heterocycles. The summed E-state index contributed by atoms with van der Waals surface area (Å²) in [5, 5.41) is 0.612. The highest BCUT2D eigenvalue weighted by molar-refractivity contribution is 7.90. The number of ether oxygens (including phenoxy) is 1. The van der Waals surface area contributed by atoms with Crippen LogP contribution in [0.4, 0.5) is 5.82 Å². The summed E-state index contributed by atoms with van der Waals surface area (Å²) in [4.78, 5) is 8.00. The lowest BCUT2D eigenvalue weighted by atomic mass is 10.1. The van der Waals surface area contributed by atoms with E-state index in [2.05, 4.69) is 19.4 Å². The smallest absolute Gasteiger partial charge is 0.300 e. The molecule has 2 N–H and O–H groups in total. The number of halogens is 2. The van der Waals surface area contributed by atoms with Crippen molar-refractivity contribution in [3.63, 3.8) is 0 Å². The molecule has 152 valence electrons. The van der Waals surface area contributed by atoms with E-state index >= 15 is 0 Å². The summed E-state index contributed by atoms with van der Waals surface area (Å²) in [5.41, 5.74) is 1.91. The largest absolute Gasteiger partial charge is 0.497 e. The Balaban J connectivity index is 1.83. The van der Waals surface area contributed by atoms with Crippen LogP contribution in [-0.4, -0.2) is 25.5 Å². The average Bonchev–Trinajstić information content (AvgIpc) is 2.71. The molecule has 0 aliphatic heterocycles. The second kappa shape index (κ2) is 9.41. The third kappa shape index (κ3) is 5.80. The molecule has 10 heteroatoms. The normalized spacial score (nSPS) is 11.3. The van der Waals surface area contributed by atoms with Gasteiger partial charge in [0.1, 0.15) is 23.0 Å². The minimum Gasteiger partial charge on any atom is -0.497 e. The van der Waals surface area contributed by atoms with Crippen LogP contribution in [0, 0.1) is 0 Å². The number of rotatable bonds is 8. The Bertz CT molecular complexity index is 1100. The number of methoxy groups -OCH3 is 1. The van der Waals surface area contributed by atoms with Gasteiger partial charge in [0.05, 0.1) is 7.11 Å². The molecule has 3 rings (SSSR count).